The van der Waals surface area contributed by atoms with Crippen LogP contribution in [0.1, 0.15) is 12.5 Å². The van der Waals surface area contributed by atoms with Crippen LogP contribution in [0.25, 0.3) is 0 Å². The second kappa shape index (κ2) is 9.48. The molecule has 0 amide bonds. The monoisotopic (exact) mass is 443 g/mol. The Morgan fingerprint density at radius 3 is 2.16 bits per heavy atom. The van der Waals surface area contributed by atoms with Gasteiger partial charge in [-0.1, -0.05) is 48.5 Å². The molecular formula is C23H29N3O4S. The summed E-state index contributed by atoms with van der Waals surface area (Å²) >= 11 is 0. The van der Waals surface area contributed by atoms with E-state index in [2.05, 4.69) is 21.9 Å². The fraction of sp³-hybridized carbons (Fsp3) is 0.435. The lowest BCUT2D eigenvalue weighted by Gasteiger charge is -2.38. The number of ether oxygens (including phenoxy) is 1. The first-order chi connectivity index (χ1) is 14.9. The number of carbonyl (C=O) groups excluding carboxylic acids is 1. The summed E-state index contributed by atoms with van der Waals surface area (Å²) in [6, 6.07) is 18.9. The van der Waals surface area contributed by atoms with Gasteiger partial charge in [-0.25, -0.2) is 8.42 Å². The van der Waals surface area contributed by atoms with Crippen LogP contribution in [0, 0.1) is 0 Å². The third kappa shape index (κ3) is 5.15. The molecule has 0 bridgehead atoms. The molecule has 2 aliphatic heterocycles. The molecule has 0 N–H and O–H groups in total. The van der Waals surface area contributed by atoms with Crippen molar-refractivity contribution in [1.29, 1.82) is 0 Å². The summed E-state index contributed by atoms with van der Waals surface area (Å²) in [4.78, 5) is 16.6. The highest BCUT2D eigenvalue weighted by atomic mass is 32.2. The number of rotatable bonds is 6. The predicted molar refractivity (Wildman–Crippen MR) is 118 cm³/mol. The zero-order chi connectivity index (χ0) is 21.8. The molecule has 0 spiro atoms. The fourth-order valence-corrected chi connectivity index (χ4v) is 5.94. The number of hydrogen-bond acceptors (Lipinski definition) is 6. The summed E-state index contributed by atoms with van der Waals surface area (Å²) in [6.45, 7) is 5.82. The number of piperazine rings is 1. The smallest absolute Gasteiger partial charge is 0.303 e. The van der Waals surface area contributed by atoms with E-state index in [4.69, 9.17) is 4.74 Å². The Bertz CT molecular complexity index is 976. The van der Waals surface area contributed by atoms with Crippen LogP contribution in [-0.4, -0.2) is 79.9 Å². The molecule has 2 fully saturated rings. The van der Waals surface area contributed by atoms with Gasteiger partial charge in [-0.2, -0.15) is 4.31 Å². The molecule has 2 unspecified atom stereocenters. The normalized spacial score (nSPS) is 23.6. The minimum absolute atomic E-state index is 0.0641. The van der Waals surface area contributed by atoms with Crippen molar-refractivity contribution < 1.29 is 17.9 Å². The zero-order valence-corrected chi connectivity index (χ0v) is 18.6. The van der Waals surface area contributed by atoms with Gasteiger partial charge in [0, 0.05) is 52.7 Å². The van der Waals surface area contributed by atoms with E-state index in [1.165, 1.54) is 12.5 Å². The van der Waals surface area contributed by atoms with Crippen molar-refractivity contribution in [3.8, 4) is 0 Å². The highest BCUT2D eigenvalue weighted by molar-refractivity contribution is 7.89. The van der Waals surface area contributed by atoms with Gasteiger partial charge in [-0.05, 0) is 17.7 Å². The van der Waals surface area contributed by atoms with Gasteiger partial charge in [0.25, 0.3) is 0 Å². The summed E-state index contributed by atoms with van der Waals surface area (Å²) in [6.07, 6.45) is -0.210. The largest absolute Gasteiger partial charge is 0.459 e. The first-order valence-electron chi connectivity index (χ1n) is 10.7. The van der Waals surface area contributed by atoms with Crippen molar-refractivity contribution in [3.05, 3.63) is 66.2 Å². The number of carbonyl (C=O) groups is 1. The van der Waals surface area contributed by atoms with Gasteiger partial charge in [0.1, 0.15) is 6.10 Å². The van der Waals surface area contributed by atoms with Gasteiger partial charge in [0.05, 0.1) is 10.9 Å². The number of likely N-dealkylation sites (tertiary alicyclic amines) is 1. The van der Waals surface area contributed by atoms with E-state index in [0.717, 1.165) is 13.1 Å². The minimum Gasteiger partial charge on any atom is -0.459 e. The van der Waals surface area contributed by atoms with Crippen molar-refractivity contribution in [2.75, 3.05) is 39.3 Å². The molecule has 0 aromatic heterocycles. The van der Waals surface area contributed by atoms with Gasteiger partial charge in [0.2, 0.25) is 10.0 Å². The van der Waals surface area contributed by atoms with E-state index in [0.29, 0.717) is 37.6 Å². The number of hydrogen-bond donors (Lipinski definition) is 0. The molecule has 166 valence electrons. The third-order valence-corrected chi connectivity index (χ3v) is 7.92. The van der Waals surface area contributed by atoms with Crippen LogP contribution in [0.4, 0.5) is 0 Å². The lowest BCUT2D eigenvalue weighted by molar-refractivity contribution is -0.148. The Morgan fingerprint density at radius 2 is 1.55 bits per heavy atom. The lowest BCUT2D eigenvalue weighted by Crippen LogP contribution is -2.55. The number of sulfonamides is 1. The Hall–Kier alpha value is -2.26. The minimum atomic E-state index is -3.48. The van der Waals surface area contributed by atoms with Gasteiger partial charge in [-0.15, -0.1) is 0 Å². The summed E-state index contributed by atoms with van der Waals surface area (Å²) in [5.74, 6) is -0.276. The summed E-state index contributed by atoms with van der Waals surface area (Å²) in [7, 11) is -3.48. The molecule has 7 nitrogen and oxygen atoms in total. The van der Waals surface area contributed by atoms with Crippen LogP contribution in [0.15, 0.2) is 65.6 Å². The zero-order valence-electron chi connectivity index (χ0n) is 17.8. The number of esters is 1. The fourth-order valence-electron chi connectivity index (χ4n) is 4.50. The van der Waals surface area contributed by atoms with E-state index in [1.807, 2.05) is 24.3 Å². The molecule has 2 saturated heterocycles. The highest BCUT2D eigenvalue weighted by Crippen LogP contribution is 2.24. The maximum atomic E-state index is 12.9. The van der Waals surface area contributed by atoms with E-state index in [-0.39, 0.29) is 18.1 Å². The first kappa shape index (κ1) is 22.0. The quantitative estimate of drug-likeness (QED) is 0.635. The molecule has 8 heteroatoms. The Labute approximate surface area is 184 Å². The molecule has 4 rings (SSSR count). The summed E-state index contributed by atoms with van der Waals surface area (Å²) in [5.41, 5.74) is 1.23. The van der Waals surface area contributed by atoms with Gasteiger partial charge in [0.15, 0.2) is 0 Å². The van der Waals surface area contributed by atoms with Crippen molar-refractivity contribution >= 4 is 16.0 Å². The standard InChI is InChI=1S/C23H29N3O4S/c1-19(27)30-23-18-24(16-20-8-4-2-5-9-20)17-22(23)25-12-14-26(15-13-25)31(28,29)21-10-6-3-7-11-21/h2-11,22-23H,12-18H2,1H3. The molecule has 0 saturated carbocycles. The van der Waals surface area contributed by atoms with Crippen LogP contribution >= 0.6 is 0 Å². The van der Waals surface area contributed by atoms with Crippen LogP contribution in [-0.2, 0) is 26.1 Å². The summed E-state index contributed by atoms with van der Waals surface area (Å²) < 4.78 is 33.0. The van der Waals surface area contributed by atoms with Crippen molar-refractivity contribution in [1.82, 2.24) is 14.1 Å². The maximum Gasteiger partial charge on any atom is 0.303 e. The SMILES string of the molecule is CC(=O)OC1CN(Cc2ccccc2)CC1N1CCN(S(=O)(=O)c2ccccc2)CC1. The topological polar surface area (TPSA) is 70.2 Å². The second-order valence-electron chi connectivity index (χ2n) is 8.15. The molecular weight excluding hydrogens is 414 g/mol. The maximum absolute atomic E-state index is 12.9. The molecule has 0 radical (unpaired) electrons. The molecule has 2 heterocycles. The van der Waals surface area contributed by atoms with Crippen LogP contribution < -0.4 is 0 Å². The van der Waals surface area contributed by atoms with Gasteiger partial charge >= 0.3 is 5.97 Å². The molecule has 31 heavy (non-hydrogen) atoms. The van der Waals surface area contributed by atoms with Crippen LogP contribution in [0.5, 0.6) is 0 Å². The van der Waals surface area contributed by atoms with E-state index in [9.17, 15) is 13.2 Å². The highest BCUT2D eigenvalue weighted by Gasteiger charge is 2.41. The summed E-state index contributed by atoms with van der Waals surface area (Å²) in [5, 5.41) is 0. The Morgan fingerprint density at radius 1 is 0.935 bits per heavy atom. The van der Waals surface area contributed by atoms with Crippen LogP contribution in [0.2, 0.25) is 0 Å². The number of benzene rings is 2. The van der Waals surface area contributed by atoms with Crippen molar-refractivity contribution in [3.63, 3.8) is 0 Å². The average Bonchev–Trinajstić information content (AvgIpc) is 3.16. The number of nitrogens with zero attached hydrogens (tertiary/aromatic N) is 3. The third-order valence-electron chi connectivity index (χ3n) is 6.00. The van der Waals surface area contributed by atoms with E-state index < -0.39 is 10.0 Å². The van der Waals surface area contributed by atoms with Gasteiger partial charge < -0.3 is 4.74 Å². The molecule has 2 aromatic rings. The van der Waals surface area contributed by atoms with Crippen molar-refractivity contribution in [2.24, 2.45) is 0 Å². The van der Waals surface area contributed by atoms with E-state index >= 15 is 0 Å². The molecule has 2 aromatic carbocycles. The Kier molecular flexibility index (Phi) is 6.71. The predicted octanol–water partition coefficient (Wildman–Crippen LogP) is 1.81. The van der Waals surface area contributed by atoms with Gasteiger partial charge in [-0.3, -0.25) is 14.6 Å². The average molecular weight is 444 g/mol. The molecule has 2 aliphatic rings. The molecule has 0 aliphatic carbocycles. The van der Waals surface area contributed by atoms with Crippen molar-refractivity contribution in [2.45, 2.75) is 30.5 Å². The second-order valence-corrected chi connectivity index (χ2v) is 10.1. The van der Waals surface area contributed by atoms with E-state index in [1.54, 1.807) is 28.6 Å². The van der Waals surface area contributed by atoms with Crippen LogP contribution in [0.3, 0.4) is 0 Å². The molecule has 2 atom stereocenters. The Balaban J connectivity index is 1.41. The first-order valence-corrected chi connectivity index (χ1v) is 12.1. The lowest BCUT2D eigenvalue weighted by atomic mass is 10.1.